The number of hydrogen-bond donors (Lipinski definition) is 12. The van der Waals surface area contributed by atoms with Gasteiger partial charge in [0.1, 0.15) is 60.4 Å². The molecule has 0 bridgehead atoms. The van der Waals surface area contributed by atoms with Gasteiger partial charge in [0.15, 0.2) is 12.6 Å². The molecular weight excluding hydrogens is 824 g/mol. The number of aliphatic hydroxyl groups is 10. The molecule has 62 heavy (non-hydrogen) atoms. The molecule has 350 valence electrons. The Labute approximate surface area is 356 Å². The van der Waals surface area contributed by atoms with E-state index in [1.807, 2.05) is 0 Å². The lowest BCUT2D eigenvalue weighted by atomic mass is 9.42. The van der Waals surface area contributed by atoms with Crippen molar-refractivity contribution in [3.8, 4) is 0 Å². The maximum Gasteiger partial charge on any atom is 0.306 e. The van der Waals surface area contributed by atoms with E-state index >= 15 is 0 Å². The van der Waals surface area contributed by atoms with Gasteiger partial charge in [0.25, 0.3) is 0 Å². The fourth-order valence-electron chi connectivity index (χ4n) is 13.8. The van der Waals surface area contributed by atoms with E-state index in [1.165, 1.54) is 0 Å². The summed E-state index contributed by atoms with van der Waals surface area (Å²) in [7, 11) is 0. The molecule has 20 heteroatoms. The number of rotatable bonds is 9. The van der Waals surface area contributed by atoms with Gasteiger partial charge in [0.05, 0.1) is 49.5 Å². The van der Waals surface area contributed by atoms with E-state index in [-0.39, 0.29) is 50.1 Å². The molecule has 12 N–H and O–H groups in total. The summed E-state index contributed by atoms with van der Waals surface area (Å²) in [4.78, 5) is 55.3. The number of Topliss-reactive ketones (excluding diaryl/α,β-unsaturated/α-hetero) is 2. The van der Waals surface area contributed by atoms with Crippen molar-refractivity contribution in [2.45, 2.75) is 150 Å². The molecule has 2 saturated heterocycles. The van der Waals surface area contributed by atoms with Crippen LogP contribution >= 0.6 is 0 Å². The Hall–Kier alpha value is -2.28. The molecular formula is C42H62O20. The van der Waals surface area contributed by atoms with Crippen LogP contribution in [0.3, 0.4) is 0 Å². The van der Waals surface area contributed by atoms with Crippen LogP contribution < -0.4 is 0 Å². The second-order valence-corrected chi connectivity index (χ2v) is 19.5. The second-order valence-electron chi connectivity index (χ2n) is 19.5. The highest BCUT2D eigenvalue weighted by molar-refractivity contribution is 5.88. The van der Waals surface area contributed by atoms with Crippen LogP contribution in [0, 0.1) is 71.0 Å². The van der Waals surface area contributed by atoms with Crippen molar-refractivity contribution in [1.82, 2.24) is 0 Å². The van der Waals surface area contributed by atoms with E-state index in [1.54, 1.807) is 0 Å². The first-order chi connectivity index (χ1) is 29.5. The summed E-state index contributed by atoms with van der Waals surface area (Å²) in [6.45, 7) is -1.45. The molecule has 0 radical (unpaired) electrons. The van der Waals surface area contributed by atoms with E-state index < -0.39 is 182 Å². The maximum absolute atomic E-state index is 15.0. The third kappa shape index (κ3) is 7.86. The molecule has 6 saturated carbocycles. The van der Waals surface area contributed by atoms with Crippen LogP contribution in [0.15, 0.2) is 0 Å². The van der Waals surface area contributed by atoms with Gasteiger partial charge in [-0.15, -0.1) is 0 Å². The largest absolute Gasteiger partial charge is 0.481 e. The fourth-order valence-corrected chi connectivity index (χ4v) is 13.8. The zero-order chi connectivity index (χ0) is 44.6. The summed E-state index contributed by atoms with van der Waals surface area (Å²) in [5.41, 5.74) is 0. The highest BCUT2D eigenvalue weighted by Crippen LogP contribution is 2.63. The maximum atomic E-state index is 15.0. The number of ketones is 2. The van der Waals surface area contributed by atoms with E-state index in [2.05, 4.69) is 0 Å². The van der Waals surface area contributed by atoms with Gasteiger partial charge < -0.3 is 80.2 Å². The van der Waals surface area contributed by atoms with Crippen molar-refractivity contribution in [1.29, 1.82) is 0 Å². The number of hydrogen-bond acceptors (Lipinski definition) is 18. The summed E-state index contributed by atoms with van der Waals surface area (Å²) in [6.07, 6.45) is -19.3. The third-order valence-corrected chi connectivity index (χ3v) is 16.4. The Morgan fingerprint density at radius 1 is 0.500 bits per heavy atom. The highest BCUT2D eigenvalue weighted by atomic mass is 16.7. The Morgan fingerprint density at radius 3 is 1.21 bits per heavy atom. The van der Waals surface area contributed by atoms with Gasteiger partial charge in [-0.3, -0.25) is 19.2 Å². The molecule has 8 rings (SSSR count). The standard InChI is InChI=1S/C42H62O20/c43-11-23-31(47)35(51)37(53)41(61-23)59-21-5-1-3-15-25(17-7-13(39(55)56)9-19(45)27(17)33(49)29(15)21)26-16-4-2-6-22(60-42-38(54)36(52)32(48)24(12-44)62-42)30(16)34(50)28-18(26)8-14(40(57)58)10-20(28)46/h13-32,35-38,41-48,51-54H,1-12H2,(H,55,56)(H,57,58)/t13?,14?,15?,16?,17?,18?,19?,20?,21?,22?,23-,24-,25-,26-,27?,28?,29?,30?,31+,32+,35+,36+,37-,38+,41-,42-/m1/s1. The summed E-state index contributed by atoms with van der Waals surface area (Å²) < 4.78 is 24.1. The summed E-state index contributed by atoms with van der Waals surface area (Å²) in [5, 5.41) is 128. The predicted octanol–water partition coefficient (Wildman–Crippen LogP) is -3.24. The Morgan fingerprint density at radius 2 is 0.871 bits per heavy atom. The van der Waals surface area contributed by atoms with Crippen LogP contribution in [0.5, 0.6) is 0 Å². The first-order valence-electron chi connectivity index (χ1n) is 22.3. The molecule has 6 aliphatic carbocycles. The Kier molecular flexibility index (Phi) is 13.6. The lowest BCUT2D eigenvalue weighted by Gasteiger charge is -2.62. The first kappa shape index (κ1) is 46.3. The molecule has 26 atom stereocenters. The number of aliphatic hydroxyl groups excluding tert-OH is 10. The van der Waals surface area contributed by atoms with Gasteiger partial charge in [0.2, 0.25) is 0 Å². The molecule has 2 aliphatic heterocycles. The number of carbonyl (C=O) groups excluding carboxylic acids is 2. The van der Waals surface area contributed by atoms with Crippen LogP contribution in [0.4, 0.5) is 0 Å². The topological polar surface area (TPSA) is 348 Å². The SMILES string of the molecule is O=C(O)C1CC(O)C2C(=O)C3C(O[C@@H]4O[C@H](CO)[C@H](O)[C@H](O)[C@@H]4O)CCCC3[C@@H]([C@H]3C4CC(C(=O)O)CC(O)C4C(=O)C4C(O[C@@H]5O[C@H](CO)[C@H](O)[C@H](O)[C@H]5O)CCCC43)C2C1. The third-order valence-electron chi connectivity index (χ3n) is 16.4. The lowest BCUT2D eigenvalue weighted by molar-refractivity contribution is -0.321. The number of carboxylic acids is 2. The monoisotopic (exact) mass is 886 g/mol. The van der Waals surface area contributed by atoms with Gasteiger partial charge in [-0.1, -0.05) is 12.8 Å². The molecule has 14 unspecified atom stereocenters. The van der Waals surface area contributed by atoms with Gasteiger partial charge in [0, 0.05) is 23.7 Å². The summed E-state index contributed by atoms with van der Waals surface area (Å²) >= 11 is 0. The lowest BCUT2D eigenvalue weighted by Crippen LogP contribution is -2.66. The molecule has 0 aromatic heterocycles. The number of carboxylic acid groups (broad SMARTS) is 2. The van der Waals surface area contributed by atoms with Gasteiger partial charge in [-0.25, -0.2) is 0 Å². The average molecular weight is 887 g/mol. The highest BCUT2D eigenvalue weighted by Gasteiger charge is 2.66. The number of carbonyl (C=O) groups is 4. The van der Waals surface area contributed by atoms with Crippen molar-refractivity contribution in [2.75, 3.05) is 13.2 Å². The van der Waals surface area contributed by atoms with Gasteiger partial charge in [-0.05, 0) is 86.9 Å². The molecule has 0 spiro atoms. The van der Waals surface area contributed by atoms with Crippen LogP contribution in [-0.2, 0) is 38.1 Å². The molecule has 0 aromatic rings. The molecule has 20 nitrogen and oxygen atoms in total. The quantitative estimate of drug-likeness (QED) is 0.108. The number of ether oxygens (including phenoxy) is 4. The van der Waals surface area contributed by atoms with Crippen molar-refractivity contribution < 1.29 is 99.4 Å². The molecule has 8 aliphatic rings. The minimum atomic E-state index is -1.78. The zero-order valence-corrected chi connectivity index (χ0v) is 34.1. The normalized spacial score (nSPS) is 53.1. The molecule has 0 amide bonds. The molecule has 0 aromatic carbocycles. The number of aliphatic carboxylic acids is 2. The van der Waals surface area contributed by atoms with Crippen molar-refractivity contribution >= 4 is 23.5 Å². The fraction of sp³-hybridized carbons (Fsp3) is 0.905. The number of fused-ring (bicyclic) bond motifs is 4. The minimum absolute atomic E-state index is 0.0101. The summed E-state index contributed by atoms with van der Waals surface area (Å²) in [6, 6.07) is 0. The zero-order valence-electron chi connectivity index (χ0n) is 34.1. The van der Waals surface area contributed by atoms with Crippen LogP contribution in [0.1, 0.15) is 64.2 Å². The smallest absolute Gasteiger partial charge is 0.306 e. The van der Waals surface area contributed by atoms with E-state index in [0.29, 0.717) is 25.7 Å². The average Bonchev–Trinajstić information content (AvgIpc) is 3.24. The molecule has 8 fully saturated rings. The van der Waals surface area contributed by atoms with Crippen molar-refractivity contribution in [3.05, 3.63) is 0 Å². The predicted molar refractivity (Wildman–Crippen MR) is 203 cm³/mol. The first-order valence-corrected chi connectivity index (χ1v) is 22.3. The second kappa shape index (κ2) is 18.2. The van der Waals surface area contributed by atoms with Gasteiger partial charge >= 0.3 is 11.9 Å². The van der Waals surface area contributed by atoms with E-state index in [4.69, 9.17) is 18.9 Å². The van der Waals surface area contributed by atoms with Crippen LogP contribution in [0.25, 0.3) is 0 Å². The van der Waals surface area contributed by atoms with E-state index in [9.17, 15) is 80.5 Å². The summed E-state index contributed by atoms with van der Waals surface area (Å²) in [5.74, 6) is -13.5. The Bertz CT molecular complexity index is 1540. The Balaban J connectivity index is 1.22. The van der Waals surface area contributed by atoms with Crippen molar-refractivity contribution in [3.63, 3.8) is 0 Å². The van der Waals surface area contributed by atoms with Crippen LogP contribution in [-0.4, -0.2) is 184 Å². The van der Waals surface area contributed by atoms with E-state index in [0.717, 1.165) is 0 Å². The van der Waals surface area contributed by atoms with Crippen LogP contribution in [0.2, 0.25) is 0 Å². The van der Waals surface area contributed by atoms with Gasteiger partial charge in [-0.2, -0.15) is 0 Å². The minimum Gasteiger partial charge on any atom is -0.481 e. The molecule has 2 heterocycles. The van der Waals surface area contributed by atoms with Crippen molar-refractivity contribution in [2.24, 2.45) is 71.0 Å².